The SMILES string of the molecule is O=CC(=CCc1ccc(Br)cc1)c1cc(Br)ccc1[N+](=O)[O-]. The predicted octanol–water partition coefficient (Wildman–Crippen LogP) is 4.94. The molecule has 0 heterocycles. The van der Waals surface area contributed by atoms with Gasteiger partial charge in [-0.3, -0.25) is 14.9 Å². The highest BCUT2D eigenvalue weighted by Crippen LogP contribution is 2.28. The quantitative estimate of drug-likeness (QED) is 0.295. The number of benzene rings is 2. The van der Waals surface area contributed by atoms with Gasteiger partial charge in [0, 0.05) is 20.6 Å². The predicted molar refractivity (Wildman–Crippen MR) is 92.7 cm³/mol. The van der Waals surface area contributed by atoms with Crippen molar-refractivity contribution in [3.05, 3.63) is 78.7 Å². The molecule has 0 aliphatic carbocycles. The van der Waals surface area contributed by atoms with Crippen molar-refractivity contribution in [1.29, 1.82) is 0 Å². The number of rotatable bonds is 5. The smallest absolute Gasteiger partial charge is 0.277 e. The molecular formula is C16H11Br2NO3. The van der Waals surface area contributed by atoms with E-state index in [9.17, 15) is 14.9 Å². The van der Waals surface area contributed by atoms with E-state index in [4.69, 9.17) is 0 Å². The van der Waals surface area contributed by atoms with Crippen LogP contribution in [0.1, 0.15) is 11.1 Å². The van der Waals surface area contributed by atoms with Crippen LogP contribution < -0.4 is 0 Å². The van der Waals surface area contributed by atoms with Crippen molar-refractivity contribution in [3.8, 4) is 0 Å². The van der Waals surface area contributed by atoms with Crippen molar-refractivity contribution < 1.29 is 9.72 Å². The fraction of sp³-hybridized carbons (Fsp3) is 0.0625. The summed E-state index contributed by atoms with van der Waals surface area (Å²) in [6.45, 7) is 0. The number of nitro benzene ring substituents is 1. The van der Waals surface area contributed by atoms with Gasteiger partial charge in [0.15, 0.2) is 6.29 Å². The molecule has 6 heteroatoms. The Balaban J connectivity index is 2.37. The summed E-state index contributed by atoms with van der Waals surface area (Å²) in [6, 6.07) is 12.2. The topological polar surface area (TPSA) is 60.2 Å². The van der Waals surface area contributed by atoms with Crippen molar-refractivity contribution >= 4 is 49.4 Å². The van der Waals surface area contributed by atoms with Crippen molar-refractivity contribution in [2.75, 3.05) is 0 Å². The fourth-order valence-corrected chi connectivity index (χ4v) is 2.59. The summed E-state index contributed by atoms with van der Waals surface area (Å²) in [5, 5.41) is 11.1. The number of nitro groups is 1. The molecule has 4 nitrogen and oxygen atoms in total. The molecule has 2 aromatic carbocycles. The van der Waals surface area contributed by atoms with Gasteiger partial charge in [-0.1, -0.05) is 50.1 Å². The van der Waals surface area contributed by atoms with Gasteiger partial charge in [0.1, 0.15) is 0 Å². The third kappa shape index (κ3) is 4.11. The number of hydrogen-bond donors (Lipinski definition) is 0. The minimum Gasteiger partial charge on any atom is -0.298 e. The lowest BCUT2D eigenvalue weighted by Gasteiger charge is -2.04. The van der Waals surface area contributed by atoms with Crippen LogP contribution in [-0.4, -0.2) is 11.2 Å². The molecule has 0 aliphatic rings. The Bertz CT molecular complexity index is 740. The summed E-state index contributed by atoms with van der Waals surface area (Å²) >= 11 is 6.63. The minimum atomic E-state index is -0.487. The van der Waals surface area contributed by atoms with Crippen LogP contribution in [0.3, 0.4) is 0 Å². The zero-order valence-electron chi connectivity index (χ0n) is 11.3. The highest BCUT2D eigenvalue weighted by molar-refractivity contribution is 9.10. The third-order valence-electron chi connectivity index (χ3n) is 3.06. The Morgan fingerprint density at radius 3 is 2.32 bits per heavy atom. The monoisotopic (exact) mass is 423 g/mol. The van der Waals surface area contributed by atoms with Gasteiger partial charge in [0.05, 0.1) is 10.5 Å². The number of carbonyl (C=O) groups excluding carboxylic acids is 1. The normalized spacial score (nSPS) is 11.3. The standard InChI is InChI=1S/C16H11Br2NO3/c17-13-5-2-11(3-6-13)1-4-12(10-20)15-9-14(18)7-8-16(15)19(21)22/h2-10H,1H2. The van der Waals surface area contributed by atoms with Crippen LogP contribution in [0.25, 0.3) is 5.57 Å². The minimum absolute atomic E-state index is 0.0858. The number of halogens is 2. The lowest BCUT2D eigenvalue weighted by molar-refractivity contribution is -0.385. The Morgan fingerprint density at radius 2 is 1.73 bits per heavy atom. The fourth-order valence-electron chi connectivity index (χ4n) is 1.97. The lowest BCUT2D eigenvalue weighted by Crippen LogP contribution is -1.97. The van der Waals surface area contributed by atoms with Crippen LogP contribution in [0.2, 0.25) is 0 Å². The Kier molecular flexibility index (Phi) is 5.63. The molecule has 0 aromatic heterocycles. The molecule has 2 rings (SSSR count). The maximum Gasteiger partial charge on any atom is 0.277 e. The second-order valence-electron chi connectivity index (χ2n) is 4.53. The molecule has 0 bridgehead atoms. The summed E-state index contributed by atoms with van der Waals surface area (Å²) in [4.78, 5) is 22.0. The summed E-state index contributed by atoms with van der Waals surface area (Å²) in [7, 11) is 0. The molecule has 0 saturated carbocycles. The zero-order chi connectivity index (χ0) is 16.1. The molecule has 0 radical (unpaired) electrons. The molecule has 0 unspecified atom stereocenters. The van der Waals surface area contributed by atoms with E-state index in [1.54, 1.807) is 18.2 Å². The highest BCUT2D eigenvalue weighted by atomic mass is 79.9. The van der Waals surface area contributed by atoms with Crippen molar-refractivity contribution in [2.45, 2.75) is 6.42 Å². The second kappa shape index (κ2) is 7.47. The van der Waals surface area contributed by atoms with E-state index in [0.29, 0.717) is 28.3 Å². The average molecular weight is 425 g/mol. The van der Waals surface area contributed by atoms with Crippen LogP contribution in [0.5, 0.6) is 0 Å². The first-order valence-electron chi connectivity index (χ1n) is 6.35. The van der Waals surface area contributed by atoms with Crippen molar-refractivity contribution in [1.82, 2.24) is 0 Å². The van der Waals surface area contributed by atoms with Gasteiger partial charge in [0.2, 0.25) is 0 Å². The Labute approximate surface area is 144 Å². The van der Waals surface area contributed by atoms with E-state index in [1.807, 2.05) is 24.3 Å². The number of carbonyl (C=O) groups is 1. The van der Waals surface area contributed by atoms with E-state index in [0.717, 1.165) is 10.0 Å². The van der Waals surface area contributed by atoms with Gasteiger partial charge in [-0.05, 0) is 36.2 Å². The molecule has 0 saturated heterocycles. The summed E-state index contributed by atoms with van der Waals surface area (Å²) in [5.74, 6) is 0. The van der Waals surface area contributed by atoms with Gasteiger partial charge in [-0.2, -0.15) is 0 Å². The summed E-state index contributed by atoms with van der Waals surface area (Å²) < 4.78 is 1.66. The van der Waals surface area contributed by atoms with E-state index in [2.05, 4.69) is 31.9 Å². The molecule has 0 fully saturated rings. The first kappa shape index (κ1) is 16.6. The van der Waals surface area contributed by atoms with Crippen LogP contribution in [0.4, 0.5) is 5.69 Å². The molecule has 22 heavy (non-hydrogen) atoms. The van der Waals surface area contributed by atoms with Gasteiger partial charge >= 0.3 is 0 Å². The first-order chi connectivity index (χ1) is 10.5. The molecule has 112 valence electrons. The van der Waals surface area contributed by atoms with Gasteiger partial charge in [-0.15, -0.1) is 0 Å². The Hall–Kier alpha value is -1.79. The number of aldehydes is 1. The van der Waals surface area contributed by atoms with Crippen LogP contribution in [-0.2, 0) is 11.2 Å². The molecule has 0 amide bonds. The van der Waals surface area contributed by atoms with Gasteiger partial charge < -0.3 is 0 Å². The lowest BCUT2D eigenvalue weighted by atomic mass is 10.0. The Morgan fingerprint density at radius 1 is 1.09 bits per heavy atom. The van der Waals surface area contributed by atoms with Crippen molar-refractivity contribution in [2.24, 2.45) is 0 Å². The molecule has 2 aromatic rings. The van der Waals surface area contributed by atoms with Gasteiger partial charge in [0.25, 0.3) is 5.69 Å². The molecular weight excluding hydrogens is 414 g/mol. The summed E-state index contributed by atoms with van der Waals surface area (Å²) in [5.41, 5.74) is 1.54. The van der Waals surface area contributed by atoms with Gasteiger partial charge in [-0.25, -0.2) is 0 Å². The zero-order valence-corrected chi connectivity index (χ0v) is 14.5. The number of hydrogen-bond acceptors (Lipinski definition) is 3. The van der Waals surface area contributed by atoms with E-state index >= 15 is 0 Å². The summed E-state index contributed by atoms with van der Waals surface area (Å²) in [6.07, 6.45) is 2.86. The largest absolute Gasteiger partial charge is 0.298 e. The highest BCUT2D eigenvalue weighted by Gasteiger charge is 2.17. The maximum absolute atomic E-state index is 11.4. The molecule has 0 aliphatic heterocycles. The van der Waals surface area contributed by atoms with Crippen LogP contribution >= 0.6 is 31.9 Å². The number of nitrogens with zero attached hydrogens (tertiary/aromatic N) is 1. The molecule has 0 N–H and O–H groups in total. The van der Waals surface area contributed by atoms with E-state index in [-0.39, 0.29) is 5.69 Å². The maximum atomic E-state index is 11.4. The average Bonchev–Trinajstić information content (AvgIpc) is 2.49. The number of allylic oxidation sites excluding steroid dienone is 2. The van der Waals surface area contributed by atoms with Crippen molar-refractivity contribution in [3.63, 3.8) is 0 Å². The van der Waals surface area contributed by atoms with Crippen LogP contribution in [0.15, 0.2) is 57.5 Å². The van der Waals surface area contributed by atoms with E-state index in [1.165, 1.54) is 6.07 Å². The van der Waals surface area contributed by atoms with Crippen LogP contribution in [0, 0.1) is 10.1 Å². The third-order valence-corrected chi connectivity index (χ3v) is 4.09. The molecule has 0 spiro atoms. The second-order valence-corrected chi connectivity index (χ2v) is 6.36. The first-order valence-corrected chi connectivity index (χ1v) is 7.94. The molecule has 0 atom stereocenters. The van der Waals surface area contributed by atoms with E-state index < -0.39 is 4.92 Å².